The molecule has 0 bridgehead atoms. The van der Waals surface area contributed by atoms with Gasteiger partial charge in [0.25, 0.3) is 0 Å². The molecule has 3 aliphatic rings. The van der Waals surface area contributed by atoms with Crippen molar-refractivity contribution in [1.29, 1.82) is 0 Å². The summed E-state index contributed by atoms with van der Waals surface area (Å²) in [5, 5.41) is 12.6. The molecule has 0 aromatic carbocycles. The fraction of sp³-hybridized carbons (Fsp3) is 0.944. The van der Waals surface area contributed by atoms with E-state index in [1.54, 1.807) is 4.90 Å². The van der Waals surface area contributed by atoms with Gasteiger partial charge in [0.15, 0.2) is 0 Å². The molecule has 3 aliphatic carbocycles. The number of hydrogen-bond donors (Lipinski definition) is 2. The first kappa shape index (κ1) is 17.0. The molecule has 0 aromatic rings. The van der Waals surface area contributed by atoms with Gasteiger partial charge in [-0.1, -0.05) is 19.3 Å². The van der Waals surface area contributed by atoms with E-state index in [-0.39, 0.29) is 23.6 Å². The van der Waals surface area contributed by atoms with Gasteiger partial charge in [-0.05, 0) is 44.9 Å². The predicted octanol–water partition coefficient (Wildman–Crippen LogP) is 2.53. The highest BCUT2D eigenvalue weighted by atomic mass is 16.5. The highest BCUT2D eigenvalue weighted by Crippen LogP contribution is 2.53. The van der Waals surface area contributed by atoms with Gasteiger partial charge in [0, 0.05) is 31.7 Å². The van der Waals surface area contributed by atoms with E-state index in [1.807, 2.05) is 7.05 Å². The summed E-state index contributed by atoms with van der Waals surface area (Å²) < 4.78 is 5.95. The number of carbonyl (C=O) groups is 1. The number of urea groups is 1. The highest BCUT2D eigenvalue weighted by molar-refractivity contribution is 5.74. The Labute approximate surface area is 139 Å². The fourth-order valence-electron chi connectivity index (χ4n) is 4.84. The molecule has 0 unspecified atom stereocenters. The van der Waals surface area contributed by atoms with Crippen molar-refractivity contribution in [1.82, 2.24) is 10.2 Å². The largest absolute Gasteiger partial charge is 0.393 e. The van der Waals surface area contributed by atoms with Gasteiger partial charge in [-0.25, -0.2) is 4.79 Å². The SMILES string of the molecule is CCO[C@@H]1C[C@@H](NC(=O)N(C)CC2CC(O)C2)C12CCCCC2. The Morgan fingerprint density at radius 2 is 1.96 bits per heavy atom. The van der Waals surface area contributed by atoms with E-state index in [2.05, 4.69) is 12.2 Å². The summed E-state index contributed by atoms with van der Waals surface area (Å²) in [6.45, 7) is 3.57. The van der Waals surface area contributed by atoms with E-state index in [0.717, 1.165) is 32.4 Å². The van der Waals surface area contributed by atoms with Crippen molar-refractivity contribution in [3.8, 4) is 0 Å². The molecule has 132 valence electrons. The van der Waals surface area contributed by atoms with Crippen molar-refractivity contribution in [2.75, 3.05) is 20.2 Å². The summed E-state index contributed by atoms with van der Waals surface area (Å²) in [6, 6.07) is 0.303. The predicted molar refractivity (Wildman–Crippen MR) is 89.2 cm³/mol. The third-order valence-corrected chi connectivity index (χ3v) is 6.32. The van der Waals surface area contributed by atoms with E-state index >= 15 is 0 Å². The number of carbonyl (C=O) groups excluding carboxylic acids is 1. The number of aliphatic hydroxyl groups is 1. The first-order chi connectivity index (χ1) is 11.0. The number of nitrogens with one attached hydrogen (secondary N) is 1. The maximum Gasteiger partial charge on any atom is 0.317 e. The molecule has 3 rings (SSSR count). The van der Waals surface area contributed by atoms with Crippen LogP contribution in [0.2, 0.25) is 0 Å². The lowest BCUT2D eigenvalue weighted by Crippen LogP contribution is -2.66. The Morgan fingerprint density at radius 1 is 1.26 bits per heavy atom. The third kappa shape index (κ3) is 3.36. The molecule has 3 saturated carbocycles. The van der Waals surface area contributed by atoms with Gasteiger partial charge >= 0.3 is 6.03 Å². The van der Waals surface area contributed by atoms with Gasteiger partial charge in [-0.3, -0.25) is 0 Å². The number of nitrogens with zero attached hydrogens (tertiary/aromatic N) is 1. The van der Waals surface area contributed by atoms with Gasteiger partial charge in [-0.2, -0.15) is 0 Å². The lowest BCUT2D eigenvalue weighted by atomic mass is 9.55. The Bertz CT molecular complexity index is 416. The zero-order valence-corrected chi connectivity index (χ0v) is 14.6. The number of amides is 2. The van der Waals surface area contributed by atoms with E-state index < -0.39 is 0 Å². The Hall–Kier alpha value is -0.810. The number of aliphatic hydroxyl groups excluding tert-OH is 1. The first-order valence-electron chi connectivity index (χ1n) is 9.36. The van der Waals surface area contributed by atoms with Gasteiger partial charge in [0.2, 0.25) is 0 Å². The normalized spacial score (nSPS) is 35.3. The molecule has 1 spiro atoms. The van der Waals surface area contributed by atoms with Crippen LogP contribution in [0, 0.1) is 11.3 Å². The average molecular weight is 324 g/mol. The molecule has 23 heavy (non-hydrogen) atoms. The Balaban J connectivity index is 1.53. The van der Waals surface area contributed by atoms with E-state index in [0.29, 0.717) is 12.0 Å². The van der Waals surface area contributed by atoms with Gasteiger partial charge in [0.1, 0.15) is 0 Å². The molecule has 0 saturated heterocycles. The average Bonchev–Trinajstić information content (AvgIpc) is 2.53. The minimum Gasteiger partial charge on any atom is -0.393 e. The number of ether oxygens (including phenoxy) is 1. The minimum atomic E-state index is -0.152. The van der Waals surface area contributed by atoms with Crippen LogP contribution in [0.4, 0.5) is 4.79 Å². The van der Waals surface area contributed by atoms with Crippen molar-refractivity contribution >= 4 is 6.03 Å². The molecular weight excluding hydrogens is 292 g/mol. The monoisotopic (exact) mass is 324 g/mol. The number of hydrogen-bond acceptors (Lipinski definition) is 3. The summed E-state index contributed by atoms with van der Waals surface area (Å²) in [5.74, 6) is 0.460. The molecule has 5 nitrogen and oxygen atoms in total. The van der Waals surface area contributed by atoms with E-state index in [4.69, 9.17) is 4.74 Å². The van der Waals surface area contributed by atoms with Gasteiger partial charge < -0.3 is 20.1 Å². The van der Waals surface area contributed by atoms with Crippen LogP contribution in [-0.4, -0.2) is 54.5 Å². The van der Waals surface area contributed by atoms with Crippen LogP contribution < -0.4 is 5.32 Å². The summed E-state index contributed by atoms with van der Waals surface area (Å²) in [5.41, 5.74) is 0.178. The maximum atomic E-state index is 12.5. The molecule has 3 fully saturated rings. The molecule has 0 aromatic heterocycles. The fourth-order valence-corrected chi connectivity index (χ4v) is 4.84. The van der Waals surface area contributed by atoms with Gasteiger partial charge in [0.05, 0.1) is 12.2 Å². The van der Waals surface area contributed by atoms with Crippen LogP contribution in [0.15, 0.2) is 0 Å². The molecule has 2 N–H and O–H groups in total. The summed E-state index contributed by atoms with van der Waals surface area (Å²) in [4.78, 5) is 14.3. The van der Waals surface area contributed by atoms with Crippen LogP contribution in [-0.2, 0) is 4.74 Å². The standard InChI is InChI=1S/C18H32N2O3/c1-3-23-16-11-15(18(16)7-5-4-6-8-18)19-17(22)20(2)12-13-9-14(21)10-13/h13-16,21H,3-12H2,1-2H3,(H,19,22)/t13?,14?,15-,16-/m1/s1. The molecule has 0 heterocycles. The van der Waals surface area contributed by atoms with Crippen LogP contribution in [0.1, 0.15) is 58.3 Å². The molecule has 2 amide bonds. The van der Waals surface area contributed by atoms with Crippen LogP contribution in [0.5, 0.6) is 0 Å². The summed E-state index contributed by atoms with van der Waals surface area (Å²) >= 11 is 0. The summed E-state index contributed by atoms with van der Waals surface area (Å²) in [6.07, 6.45) is 8.97. The quantitative estimate of drug-likeness (QED) is 0.817. The summed E-state index contributed by atoms with van der Waals surface area (Å²) in [7, 11) is 1.87. The smallest absolute Gasteiger partial charge is 0.317 e. The minimum absolute atomic E-state index is 0.0382. The highest BCUT2D eigenvalue weighted by Gasteiger charge is 2.56. The zero-order valence-electron chi connectivity index (χ0n) is 14.6. The van der Waals surface area contributed by atoms with Crippen molar-refractivity contribution in [2.45, 2.75) is 76.5 Å². The lowest BCUT2D eigenvalue weighted by Gasteiger charge is -2.57. The first-order valence-corrected chi connectivity index (χ1v) is 9.36. The van der Waals surface area contributed by atoms with Gasteiger partial charge in [-0.15, -0.1) is 0 Å². The second-order valence-corrected chi connectivity index (χ2v) is 7.85. The number of rotatable bonds is 5. The third-order valence-electron chi connectivity index (χ3n) is 6.32. The molecule has 2 atom stereocenters. The van der Waals surface area contributed by atoms with Crippen LogP contribution >= 0.6 is 0 Å². The van der Waals surface area contributed by atoms with Crippen molar-refractivity contribution in [2.24, 2.45) is 11.3 Å². The van der Waals surface area contributed by atoms with Crippen molar-refractivity contribution < 1.29 is 14.6 Å². The topological polar surface area (TPSA) is 61.8 Å². The van der Waals surface area contributed by atoms with Crippen LogP contribution in [0.3, 0.4) is 0 Å². The second kappa shape index (κ2) is 6.98. The molecule has 0 radical (unpaired) electrons. The van der Waals surface area contributed by atoms with Crippen molar-refractivity contribution in [3.63, 3.8) is 0 Å². The zero-order chi connectivity index (χ0) is 16.4. The van der Waals surface area contributed by atoms with E-state index in [1.165, 1.54) is 32.1 Å². The maximum absolute atomic E-state index is 12.5. The molecule has 5 heteroatoms. The lowest BCUT2D eigenvalue weighted by molar-refractivity contribution is -0.147. The molecular formula is C18H32N2O3. The Kier molecular flexibility index (Phi) is 5.16. The Morgan fingerprint density at radius 3 is 2.57 bits per heavy atom. The molecule has 0 aliphatic heterocycles. The van der Waals surface area contributed by atoms with E-state index in [9.17, 15) is 9.90 Å². The second-order valence-electron chi connectivity index (χ2n) is 7.85. The van der Waals surface area contributed by atoms with Crippen LogP contribution in [0.25, 0.3) is 0 Å². The van der Waals surface area contributed by atoms with Crippen molar-refractivity contribution in [3.05, 3.63) is 0 Å².